The Balaban J connectivity index is 1.57. The lowest BCUT2D eigenvalue weighted by Gasteiger charge is -2.38. The number of likely N-dealkylation sites (tertiary alicyclic amines) is 1. The number of aryl methyl sites for hydroxylation is 3. The number of rotatable bonds is 14. The van der Waals surface area contributed by atoms with Gasteiger partial charge < -0.3 is 25.2 Å². The zero-order valence-corrected chi connectivity index (χ0v) is 28.9. The maximum absolute atomic E-state index is 15.7. The molecular weight excluding hydrogens is 661 g/mol. The standard InChI is InChI=1S/C36H42ClF3N4O5/c1-19(2)11-29(42-34(47)26-7-6-8-44(36(26)49)10-9-43-17-24(18-43)33(39)40)35(48)41-28(16-30(45)46)27-15-23(12-22(5)32(27)38)31-20(3)13-25(37)14-21(31)4/h6-8,12-15,19,24,28-29,33H,9-11,16-18H2,1-5H3,(H,41,48)(H,42,47)(H,45,46)/t28-,29-/m0/s1. The van der Waals surface area contributed by atoms with Crippen LogP contribution in [0.3, 0.4) is 0 Å². The van der Waals surface area contributed by atoms with Gasteiger partial charge in [0.1, 0.15) is 17.4 Å². The Morgan fingerprint density at radius 3 is 2.24 bits per heavy atom. The number of carboxylic acid groups (broad SMARTS) is 1. The second kappa shape index (κ2) is 16.0. The summed E-state index contributed by atoms with van der Waals surface area (Å²) in [6, 6.07) is 7.09. The molecule has 49 heavy (non-hydrogen) atoms. The highest BCUT2D eigenvalue weighted by Gasteiger charge is 2.33. The number of hydrogen-bond acceptors (Lipinski definition) is 5. The molecule has 0 spiro atoms. The SMILES string of the molecule is Cc1cc(-c2c(C)cc(Cl)cc2C)cc([C@H](CC(=O)O)NC(=O)[C@H](CC(C)C)NC(=O)c2cccn(CCN3CC(C(F)F)C3)c2=O)c1F. The lowest BCUT2D eigenvalue weighted by atomic mass is 9.90. The molecule has 2 aromatic carbocycles. The van der Waals surface area contributed by atoms with Gasteiger partial charge in [-0.05, 0) is 97.3 Å². The lowest BCUT2D eigenvalue weighted by Crippen LogP contribution is -2.51. The molecule has 0 saturated carbocycles. The van der Waals surface area contributed by atoms with E-state index in [1.807, 2.05) is 27.7 Å². The fraction of sp³-hybridized carbons (Fsp3) is 0.444. The Hall–Kier alpha value is -4.16. The first-order chi connectivity index (χ1) is 23.0. The number of aromatic nitrogens is 1. The molecule has 1 aromatic heterocycles. The number of halogens is 4. The minimum Gasteiger partial charge on any atom is -0.481 e. The topological polar surface area (TPSA) is 121 Å². The van der Waals surface area contributed by atoms with E-state index in [2.05, 4.69) is 10.6 Å². The third kappa shape index (κ3) is 9.30. The van der Waals surface area contributed by atoms with Gasteiger partial charge in [-0.1, -0.05) is 25.4 Å². The van der Waals surface area contributed by atoms with Crippen molar-refractivity contribution in [3.05, 3.63) is 91.6 Å². The minimum absolute atomic E-state index is 0.0258. The van der Waals surface area contributed by atoms with Crippen molar-refractivity contribution < 1.29 is 32.7 Å². The number of carbonyl (C=O) groups excluding carboxylic acids is 2. The smallest absolute Gasteiger partial charge is 0.305 e. The average Bonchev–Trinajstić information content (AvgIpc) is 2.96. The van der Waals surface area contributed by atoms with Gasteiger partial charge in [-0.25, -0.2) is 13.2 Å². The molecule has 1 aliphatic rings. The molecule has 2 amide bonds. The molecule has 0 aliphatic carbocycles. The van der Waals surface area contributed by atoms with Crippen LogP contribution < -0.4 is 16.2 Å². The predicted molar refractivity (Wildman–Crippen MR) is 182 cm³/mol. The van der Waals surface area contributed by atoms with Crippen LogP contribution in [0.25, 0.3) is 11.1 Å². The fourth-order valence-corrected chi connectivity index (χ4v) is 6.60. The van der Waals surface area contributed by atoms with Crippen LogP contribution in [-0.2, 0) is 16.1 Å². The monoisotopic (exact) mass is 702 g/mol. The Morgan fingerprint density at radius 2 is 1.65 bits per heavy atom. The van der Waals surface area contributed by atoms with E-state index in [0.717, 1.165) is 16.7 Å². The van der Waals surface area contributed by atoms with E-state index in [1.54, 1.807) is 30.0 Å². The summed E-state index contributed by atoms with van der Waals surface area (Å²) >= 11 is 6.22. The summed E-state index contributed by atoms with van der Waals surface area (Å²) < 4.78 is 42.7. The summed E-state index contributed by atoms with van der Waals surface area (Å²) in [5.41, 5.74) is 2.49. The van der Waals surface area contributed by atoms with Crippen LogP contribution in [0.1, 0.15) is 65.3 Å². The van der Waals surface area contributed by atoms with E-state index in [1.165, 1.54) is 29.0 Å². The van der Waals surface area contributed by atoms with Crippen molar-refractivity contribution in [1.82, 2.24) is 20.1 Å². The van der Waals surface area contributed by atoms with Crippen LogP contribution in [0.2, 0.25) is 5.02 Å². The second-order valence-electron chi connectivity index (χ2n) is 13.2. The molecule has 3 N–H and O–H groups in total. The van der Waals surface area contributed by atoms with Gasteiger partial charge in [0, 0.05) is 48.9 Å². The van der Waals surface area contributed by atoms with Gasteiger partial charge in [-0.2, -0.15) is 0 Å². The third-order valence-corrected chi connectivity index (χ3v) is 8.95. The molecule has 9 nitrogen and oxygen atoms in total. The summed E-state index contributed by atoms with van der Waals surface area (Å²) in [7, 11) is 0. The molecule has 1 saturated heterocycles. The predicted octanol–water partition coefficient (Wildman–Crippen LogP) is 5.91. The van der Waals surface area contributed by atoms with Crippen molar-refractivity contribution in [3.8, 4) is 11.1 Å². The summed E-state index contributed by atoms with van der Waals surface area (Å²) in [6.07, 6.45) is -1.39. The number of hydrogen-bond donors (Lipinski definition) is 3. The molecule has 2 heterocycles. The summed E-state index contributed by atoms with van der Waals surface area (Å²) in [5.74, 6) is -4.28. The zero-order valence-electron chi connectivity index (χ0n) is 28.2. The van der Waals surface area contributed by atoms with E-state index in [9.17, 15) is 33.1 Å². The van der Waals surface area contributed by atoms with Crippen LogP contribution in [-0.4, -0.2) is 64.5 Å². The number of benzene rings is 2. The van der Waals surface area contributed by atoms with Crippen molar-refractivity contribution in [1.29, 1.82) is 0 Å². The van der Waals surface area contributed by atoms with Gasteiger partial charge in [-0.15, -0.1) is 0 Å². The van der Waals surface area contributed by atoms with Crippen LogP contribution in [0.5, 0.6) is 0 Å². The molecule has 2 atom stereocenters. The third-order valence-electron chi connectivity index (χ3n) is 8.73. The molecule has 1 fully saturated rings. The van der Waals surface area contributed by atoms with Gasteiger partial charge in [0.25, 0.3) is 11.5 Å². The molecular formula is C36H42ClF3N4O5. The molecule has 0 unspecified atom stereocenters. The fourth-order valence-electron chi connectivity index (χ4n) is 6.27. The number of nitrogens with zero attached hydrogens (tertiary/aromatic N) is 2. The van der Waals surface area contributed by atoms with Gasteiger partial charge in [-0.3, -0.25) is 19.2 Å². The lowest BCUT2D eigenvalue weighted by molar-refractivity contribution is -0.137. The van der Waals surface area contributed by atoms with Crippen molar-refractivity contribution in [2.75, 3.05) is 19.6 Å². The van der Waals surface area contributed by atoms with Crippen LogP contribution in [0.4, 0.5) is 13.2 Å². The maximum atomic E-state index is 15.7. The van der Waals surface area contributed by atoms with Crippen molar-refractivity contribution >= 4 is 29.4 Å². The number of alkyl halides is 2. The maximum Gasteiger partial charge on any atom is 0.305 e. The quantitative estimate of drug-likeness (QED) is 0.192. The Labute approximate surface area is 288 Å². The number of pyridine rings is 1. The van der Waals surface area contributed by atoms with Gasteiger partial charge in [0.2, 0.25) is 12.3 Å². The number of carboxylic acids is 1. The molecule has 3 aromatic rings. The summed E-state index contributed by atoms with van der Waals surface area (Å²) in [4.78, 5) is 54.1. The van der Waals surface area contributed by atoms with Gasteiger partial charge >= 0.3 is 5.97 Å². The first-order valence-corrected chi connectivity index (χ1v) is 16.5. The number of aliphatic carboxylic acids is 1. The molecule has 4 rings (SSSR count). The van der Waals surface area contributed by atoms with Crippen LogP contribution in [0, 0.1) is 38.4 Å². The molecule has 0 bridgehead atoms. The molecule has 13 heteroatoms. The number of nitrogens with one attached hydrogen (secondary N) is 2. The molecule has 0 radical (unpaired) electrons. The van der Waals surface area contributed by atoms with E-state index >= 15 is 4.39 Å². The van der Waals surface area contributed by atoms with Crippen molar-refractivity contribution in [2.45, 2.75) is 72.5 Å². The van der Waals surface area contributed by atoms with Crippen molar-refractivity contribution in [3.63, 3.8) is 0 Å². The van der Waals surface area contributed by atoms with Gasteiger partial charge in [0.05, 0.1) is 12.5 Å². The minimum atomic E-state index is -2.39. The summed E-state index contributed by atoms with van der Waals surface area (Å²) in [5, 5.41) is 15.6. The van der Waals surface area contributed by atoms with E-state index in [-0.39, 0.29) is 48.7 Å². The van der Waals surface area contributed by atoms with Gasteiger partial charge in [0.15, 0.2) is 0 Å². The molecule has 264 valence electrons. The zero-order chi connectivity index (χ0) is 36.2. The van der Waals surface area contributed by atoms with E-state index in [4.69, 9.17) is 11.6 Å². The van der Waals surface area contributed by atoms with E-state index in [0.29, 0.717) is 17.1 Å². The highest BCUT2D eigenvalue weighted by molar-refractivity contribution is 6.30. The number of carbonyl (C=O) groups is 3. The first-order valence-electron chi connectivity index (χ1n) is 16.2. The average molecular weight is 703 g/mol. The Bertz CT molecular complexity index is 1750. The highest BCUT2D eigenvalue weighted by Crippen LogP contribution is 2.35. The largest absolute Gasteiger partial charge is 0.481 e. The second-order valence-corrected chi connectivity index (χ2v) is 13.6. The Morgan fingerprint density at radius 1 is 1.00 bits per heavy atom. The van der Waals surface area contributed by atoms with Crippen molar-refractivity contribution in [2.24, 2.45) is 11.8 Å². The number of amides is 2. The highest BCUT2D eigenvalue weighted by atomic mass is 35.5. The normalized spacial score (nSPS) is 14.8. The molecule has 1 aliphatic heterocycles. The summed E-state index contributed by atoms with van der Waals surface area (Å²) in [6.45, 7) is 9.93. The Kier molecular flexibility index (Phi) is 12.3. The van der Waals surface area contributed by atoms with E-state index < -0.39 is 60.0 Å². The van der Waals surface area contributed by atoms with Crippen LogP contribution in [0.15, 0.2) is 47.4 Å². The first kappa shape index (κ1) is 37.7. The van der Waals surface area contributed by atoms with Crippen LogP contribution >= 0.6 is 11.6 Å².